The number of anilines is 1. The fourth-order valence-electron chi connectivity index (χ4n) is 3.18. The van der Waals surface area contributed by atoms with Gasteiger partial charge in [0.05, 0.1) is 31.6 Å². The quantitative estimate of drug-likeness (QED) is 0.756. The van der Waals surface area contributed by atoms with E-state index in [1.807, 2.05) is 25.4 Å². The van der Waals surface area contributed by atoms with Crippen LogP contribution >= 0.6 is 0 Å². The largest absolute Gasteiger partial charge is 0.379 e. The Bertz CT molecular complexity index is 970. The van der Waals surface area contributed by atoms with Crippen LogP contribution < -0.4 is 5.32 Å². The van der Waals surface area contributed by atoms with Crippen molar-refractivity contribution >= 4 is 22.5 Å². The lowest BCUT2D eigenvalue weighted by Crippen LogP contribution is -2.47. The first-order valence-corrected chi connectivity index (χ1v) is 8.95. The number of ether oxygens (including phenoxy) is 1. The predicted octanol–water partition coefficient (Wildman–Crippen LogP) is 1.69. The second kappa shape index (κ2) is 7.42. The second-order valence-electron chi connectivity index (χ2n) is 6.83. The number of carbonyl (C=O) groups excluding carboxylic acids is 1. The van der Waals surface area contributed by atoms with E-state index in [2.05, 4.69) is 32.2 Å². The van der Waals surface area contributed by atoms with Crippen LogP contribution in [0.2, 0.25) is 0 Å². The molecule has 0 saturated carbocycles. The van der Waals surface area contributed by atoms with E-state index in [9.17, 15) is 4.79 Å². The summed E-state index contributed by atoms with van der Waals surface area (Å²) in [4.78, 5) is 23.3. The molecule has 4 rings (SSSR count). The highest BCUT2D eigenvalue weighted by Crippen LogP contribution is 2.22. The Morgan fingerprint density at radius 1 is 1.26 bits per heavy atom. The van der Waals surface area contributed by atoms with E-state index in [1.54, 1.807) is 23.3 Å². The first-order chi connectivity index (χ1) is 13.1. The monoisotopic (exact) mass is 366 g/mol. The Morgan fingerprint density at radius 3 is 2.89 bits per heavy atom. The molecule has 1 aliphatic heterocycles. The molecule has 3 aromatic rings. The third-order valence-electron chi connectivity index (χ3n) is 4.72. The van der Waals surface area contributed by atoms with Gasteiger partial charge in [-0.1, -0.05) is 0 Å². The van der Waals surface area contributed by atoms with Gasteiger partial charge in [-0.2, -0.15) is 5.10 Å². The summed E-state index contributed by atoms with van der Waals surface area (Å²) < 4.78 is 7.15. The minimum Gasteiger partial charge on any atom is -0.379 e. The molecule has 0 bridgehead atoms. The molecule has 0 unspecified atom stereocenters. The van der Waals surface area contributed by atoms with Gasteiger partial charge in [0, 0.05) is 49.2 Å². The van der Waals surface area contributed by atoms with Crippen molar-refractivity contribution in [3.63, 3.8) is 0 Å². The van der Waals surface area contributed by atoms with Crippen molar-refractivity contribution in [2.75, 3.05) is 31.6 Å². The van der Waals surface area contributed by atoms with Crippen LogP contribution in [0.25, 0.3) is 22.0 Å². The molecule has 1 amide bonds. The van der Waals surface area contributed by atoms with E-state index in [0.717, 1.165) is 28.6 Å². The number of aryl methyl sites for hydroxylation is 1. The average molecular weight is 366 g/mol. The number of rotatable bonds is 4. The van der Waals surface area contributed by atoms with Crippen molar-refractivity contribution in [2.45, 2.75) is 13.0 Å². The molecule has 8 heteroatoms. The summed E-state index contributed by atoms with van der Waals surface area (Å²) in [6.45, 7) is 4.48. The summed E-state index contributed by atoms with van der Waals surface area (Å²) in [5.74, 6) is 0.467. The minimum absolute atomic E-state index is 0.0721. The normalized spacial score (nSPS) is 17.9. The first kappa shape index (κ1) is 17.6. The molecule has 0 aromatic carbocycles. The summed E-state index contributed by atoms with van der Waals surface area (Å²) in [6.07, 6.45) is 7.21. The van der Waals surface area contributed by atoms with Gasteiger partial charge in [-0.25, -0.2) is 4.98 Å². The zero-order valence-electron chi connectivity index (χ0n) is 15.4. The van der Waals surface area contributed by atoms with E-state index < -0.39 is 0 Å². The first-order valence-electron chi connectivity index (χ1n) is 8.95. The highest BCUT2D eigenvalue weighted by Gasteiger charge is 2.21. The van der Waals surface area contributed by atoms with Crippen LogP contribution in [0.3, 0.4) is 0 Å². The van der Waals surface area contributed by atoms with Crippen LogP contribution in [0.1, 0.15) is 6.92 Å². The van der Waals surface area contributed by atoms with Crippen LogP contribution in [0.5, 0.6) is 0 Å². The maximum Gasteiger partial charge on any atom is 0.239 e. The zero-order chi connectivity index (χ0) is 18.8. The van der Waals surface area contributed by atoms with Crippen LogP contribution in [0.4, 0.5) is 5.82 Å². The molecule has 4 heterocycles. The van der Waals surface area contributed by atoms with Gasteiger partial charge in [-0.3, -0.25) is 19.4 Å². The molecule has 1 aliphatic rings. The number of fused-ring (bicyclic) bond motifs is 1. The SMILES string of the molecule is C[C@H]1COCCN1CC(=O)Nc1cc2cc(-c3cnn(C)c3)ncc2cn1. The lowest BCUT2D eigenvalue weighted by atomic mass is 10.1. The zero-order valence-corrected chi connectivity index (χ0v) is 15.4. The Morgan fingerprint density at radius 2 is 2.11 bits per heavy atom. The number of hydrogen-bond acceptors (Lipinski definition) is 6. The van der Waals surface area contributed by atoms with Crippen molar-refractivity contribution in [1.82, 2.24) is 24.6 Å². The number of carbonyl (C=O) groups is 1. The van der Waals surface area contributed by atoms with E-state index in [4.69, 9.17) is 4.74 Å². The maximum absolute atomic E-state index is 12.4. The van der Waals surface area contributed by atoms with Gasteiger partial charge in [-0.05, 0) is 24.4 Å². The highest BCUT2D eigenvalue weighted by atomic mass is 16.5. The third kappa shape index (κ3) is 3.96. The Kier molecular flexibility index (Phi) is 4.83. The Labute approximate surface area is 157 Å². The maximum atomic E-state index is 12.4. The third-order valence-corrected chi connectivity index (χ3v) is 4.72. The molecule has 8 nitrogen and oxygen atoms in total. The number of aromatic nitrogens is 4. The topological polar surface area (TPSA) is 85.2 Å². The van der Waals surface area contributed by atoms with Crippen molar-refractivity contribution in [3.8, 4) is 11.3 Å². The summed E-state index contributed by atoms with van der Waals surface area (Å²) >= 11 is 0. The van der Waals surface area contributed by atoms with E-state index in [-0.39, 0.29) is 11.9 Å². The fraction of sp³-hybridized carbons (Fsp3) is 0.368. The minimum atomic E-state index is -0.0721. The lowest BCUT2D eigenvalue weighted by molar-refractivity contribution is -0.119. The molecule has 27 heavy (non-hydrogen) atoms. The van der Waals surface area contributed by atoms with Crippen molar-refractivity contribution in [2.24, 2.45) is 7.05 Å². The van der Waals surface area contributed by atoms with Crippen LogP contribution in [-0.2, 0) is 16.6 Å². The summed E-state index contributed by atoms with van der Waals surface area (Å²) in [5, 5.41) is 8.97. The van der Waals surface area contributed by atoms with Gasteiger partial charge in [0.2, 0.25) is 5.91 Å². The molecule has 1 N–H and O–H groups in total. The van der Waals surface area contributed by atoms with Crippen molar-refractivity contribution in [1.29, 1.82) is 0 Å². The van der Waals surface area contributed by atoms with Crippen LogP contribution in [0.15, 0.2) is 36.9 Å². The van der Waals surface area contributed by atoms with Gasteiger partial charge in [0.1, 0.15) is 5.82 Å². The number of nitrogens with one attached hydrogen (secondary N) is 1. The van der Waals surface area contributed by atoms with E-state index in [0.29, 0.717) is 25.6 Å². The number of nitrogens with zero attached hydrogens (tertiary/aromatic N) is 5. The van der Waals surface area contributed by atoms with Gasteiger partial charge in [-0.15, -0.1) is 0 Å². The molecule has 0 aliphatic carbocycles. The van der Waals surface area contributed by atoms with Gasteiger partial charge < -0.3 is 10.1 Å². The average Bonchev–Trinajstić information content (AvgIpc) is 3.09. The molecule has 0 radical (unpaired) electrons. The van der Waals surface area contributed by atoms with Crippen LogP contribution in [-0.4, -0.2) is 62.9 Å². The lowest BCUT2D eigenvalue weighted by Gasteiger charge is -2.32. The van der Waals surface area contributed by atoms with Crippen molar-refractivity contribution < 1.29 is 9.53 Å². The predicted molar refractivity (Wildman–Crippen MR) is 102 cm³/mol. The standard InChI is InChI=1S/C19H22N6O2/c1-13-12-27-4-3-25(13)11-19(26)23-18-6-14-5-17(16-9-22-24(2)10-16)20-7-15(14)8-21-18/h5-10,13H,3-4,11-12H2,1-2H3,(H,21,23,26)/t13-/m0/s1. The van der Waals surface area contributed by atoms with E-state index >= 15 is 0 Å². The summed E-state index contributed by atoms with van der Waals surface area (Å²) in [6, 6.07) is 4.09. The van der Waals surface area contributed by atoms with Gasteiger partial charge in [0.15, 0.2) is 0 Å². The summed E-state index contributed by atoms with van der Waals surface area (Å²) in [7, 11) is 1.87. The number of pyridine rings is 2. The number of morpholine rings is 1. The van der Waals surface area contributed by atoms with Gasteiger partial charge in [0.25, 0.3) is 0 Å². The Balaban J connectivity index is 1.51. The Hall–Kier alpha value is -2.84. The summed E-state index contributed by atoms with van der Waals surface area (Å²) in [5.41, 5.74) is 1.78. The molecular formula is C19H22N6O2. The smallest absolute Gasteiger partial charge is 0.239 e. The molecule has 1 fully saturated rings. The highest BCUT2D eigenvalue weighted by molar-refractivity contribution is 5.94. The second-order valence-corrected chi connectivity index (χ2v) is 6.83. The number of hydrogen-bond donors (Lipinski definition) is 1. The number of amides is 1. The molecule has 1 atom stereocenters. The van der Waals surface area contributed by atoms with Crippen LogP contribution in [0, 0.1) is 0 Å². The molecule has 140 valence electrons. The molecule has 1 saturated heterocycles. The molecular weight excluding hydrogens is 344 g/mol. The molecule has 3 aromatic heterocycles. The van der Waals surface area contributed by atoms with Gasteiger partial charge >= 0.3 is 0 Å². The van der Waals surface area contributed by atoms with Crippen molar-refractivity contribution in [3.05, 3.63) is 36.9 Å². The molecule has 0 spiro atoms. The fourth-order valence-corrected chi connectivity index (χ4v) is 3.18. The van der Waals surface area contributed by atoms with E-state index in [1.165, 1.54) is 0 Å².